The number of rotatable bonds is 5. The van der Waals surface area contributed by atoms with Crippen molar-refractivity contribution in [3.63, 3.8) is 0 Å². The van der Waals surface area contributed by atoms with E-state index >= 15 is 0 Å². The number of anilines is 3. The number of nitrogens with one attached hydrogen (secondary N) is 2. The van der Waals surface area contributed by atoms with Crippen LogP contribution in [-0.2, 0) is 4.79 Å². The van der Waals surface area contributed by atoms with E-state index < -0.39 is 0 Å². The van der Waals surface area contributed by atoms with Crippen molar-refractivity contribution in [2.45, 2.75) is 25.8 Å². The third kappa shape index (κ3) is 3.72. The summed E-state index contributed by atoms with van der Waals surface area (Å²) in [4.78, 5) is 22.6. The van der Waals surface area contributed by atoms with Gasteiger partial charge in [0.15, 0.2) is 5.82 Å². The third-order valence-electron chi connectivity index (χ3n) is 5.13. The molecular weight excluding hydrogens is 354 g/mol. The summed E-state index contributed by atoms with van der Waals surface area (Å²) < 4.78 is 5.87. The van der Waals surface area contributed by atoms with Crippen LogP contribution in [0.3, 0.4) is 0 Å². The van der Waals surface area contributed by atoms with E-state index in [1.807, 2.05) is 43.1 Å². The predicted molar refractivity (Wildman–Crippen MR) is 109 cm³/mol. The molecule has 1 aliphatic heterocycles. The molecule has 1 saturated carbocycles. The molecule has 1 amide bonds. The summed E-state index contributed by atoms with van der Waals surface area (Å²) in [6.07, 6.45) is 7.42. The maximum Gasteiger partial charge on any atom is 0.244 e. The number of fused-ring (bicyclic) bond motifs is 1. The highest BCUT2D eigenvalue weighted by Crippen LogP contribution is 2.33. The largest absolute Gasteiger partial charge is 0.493 e. The molecule has 144 valence electrons. The van der Waals surface area contributed by atoms with Crippen LogP contribution in [0.1, 0.15) is 24.1 Å². The zero-order chi connectivity index (χ0) is 19.7. The summed E-state index contributed by atoms with van der Waals surface area (Å²) >= 11 is 0. The SMILES string of the molecule is C#Cc1cccc(OCC2CC(Nc3nc(C)c4c(n3)N(C)CC(=O)N4)C2)c1. The number of ether oxygens (including phenoxy) is 1. The van der Waals surface area contributed by atoms with Crippen LogP contribution in [0.25, 0.3) is 0 Å². The van der Waals surface area contributed by atoms with Crippen LogP contribution in [0.4, 0.5) is 17.5 Å². The van der Waals surface area contributed by atoms with Crippen molar-refractivity contribution >= 4 is 23.4 Å². The molecule has 0 unspecified atom stereocenters. The van der Waals surface area contributed by atoms with Gasteiger partial charge in [-0.25, -0.2) is 4.98 Å². The molecule has 0 bridgehead atoms. The normalized spacial score (nSPS) is 20.5. The van der Waals surface area contributed by atoms with Crippen molar-refractivity contribution in [3.8, 4) is 18.1 Å². The molecule has 7 nitrogen and oxygen atoms in total. The highest BCUT2D eigenvalue weighted by atomic mass is 16.5. The van der Waals surface area contributed by atoms with Gasteiger partial charge in [-0.15, -0.1) is 6.42 Å². The molecule has 1 fully saturated rings. The number of aryl methyl sites for hydroxylation is 1. The van der Waals surface area contributed by atoms with Crippen molar-refractivity contribution in [1.82, 2.24) is 9.97 Å². The number of amides is 1. The van der Waals surface area contributed by atoms with E-state index in [0.29, 0.717) is 36.7 Å². The average Bonchev–Trinajstić information content (AvgIpc) is 2.64. The molecule has 1 aromatic heterocycles. The molecule has 1 aliphatic carbocycles. The van der Waals surface area contributed by atoms with Crippen LogP contribution >= 0.6 is 0 Å². The summed E-state index contributed by atoms with van der Waals surface area (Å²) in [5.41, 5.74) is 2.28. The Labute approximate surface area is 164 Å². The van der Waals surface area contributed by atoms with Crippen molar-refractivity contribution in [2.75, 3.05) is 35.7 Å². The summed E-state index contributed by atoms with van der Waals surface area (Å²) in [7, 11) is 1.86. The second kappa shape index (κ2) is 7.39. The molecule has 2 heterocycles. The van der Waals surface area contributed by atoms with Crippen molar-refractivity contribution < 1.29 is 9.53 Å². The van der Waals surface area contributed by atoms with Gasteiger partial charge in [-0.2, -0.15) is 4.98 Å². The van der Waals surface area contributed by atoms with Gasteiger partial charge in [0.05, 0.1) is 18.8 Å². The number of carbonyl (C=O) groups excluding carboxylic acids is 1. The van der Waals surface area contributed by atoms with Gasteiger partial charge < -0.3 is 20.3 Å². The summed E-state index contributed by atoms with van der Waals surface area (Å²) in [6.45, 7) is 2.85. The van der Waals surface area contributed by atoms with Gasteiger partial charge in [0, 0.05) is 18.7 Å². The van der Waals surface area contributed by atoms with Gasteiger partial charge in [-0.3, -0.25) is 4.79 Å². The number of carbonyl (C=O) groups is 1. The summed E-state index contributed by atoms with van der Waals surface area (Å²) in [5.74, 6) is 5.23. The topological polar surface area (TPSA) is 79.4 Å². The molecule has 2 aliphatic rings. The molecule has 2 aromatic rings. The van der Waals surface area contributed by atoms with E-state index in [2.05, 4.69) is 26.5 Å². The minimum atomic E-state index is -0.0444. The number of benzene rings is 1. The Balaban J connectivity index is 1.31. The van der Waals surface area contributed by atoms with Crippen LogP contribution in [-0.4, -0.2) is 42.1 Å². The number of hydrogen-bond acceptors (Lipinski definition) is 6. The Morgan fingerprint density at radius 3 is 3.00 bits per heavy atom. The fourth-order valence-electron chi connectivity index (χ4n) is 3.58. The van der Waals surface area contributed by atoms with Gasteiger partial charge in [0.25, 0.3) is 0 Å². The van der Waals surface area contributed by atoms with Crippen LogP contribution in [0.15, 0.2) is 24.3 Å². The van der Waals surface area contributed by atoms with Gasteiger partial charge in [-0.1, -0.05) is 12.0 Å². The average molecular weight is 377 g/mol. The molecule has 0 atom stereocenters. The highest BCUT2D eigenvalue weighted by Gasteiger charge is 2.31. The van der Waals surface area contributed by atoms with Gasteiger partial charge in [0.2, 0.25) is 11.9 Å². The fourth-order valence-corrected chi connectivity index (χ4v) is 3.58. The molecule has 4 rings (SSSR count). The quantitative estimate of drug-likeness (QED) is 0.779. The Hall–Kier alpha value is -3.27. The van der Waals surface area contributed by atoms with Gasteiger partial charge in [-0.05, 0) is 43.9 Å². The van der Waals surface area contributed by atoms with E-state index in [-0.39, 0.29) is 5.91 Å². The first-order valence-corrected chi connectivity index (χ1v) is 9.37. The van der Waals surface area contributed by atoms with E-state index in [1.54, 1.807) is 0 Å². The molecule has 0 radical (unpaired) electrons. The van der Waals surface area contributed by atoms with Crippen LogP contribution in [0.5, 0.6) is 5.75 Å². The third-order valence-corrected chi connectivity index (χ3v) is 5.13. The van der Waals surface area contributed by atoms with Crippen molar-refractivity contribution in [3.05, 3.63) is 35.5 Å². The standard InChI is InChI=1S/C21H23N5O2/c1-4-14-6-5-7-17(10-14)28-12-15-8-16(9-15)23-21-22-13(2)19-20(25-21)26(3)11-18(27)24-19/h1,5-7,10,15-16H,8-9,11-12H2,2-3H3,(H,24,27)(H,22,23,25). The second-order valence-electron chi connectivity index (χ2n) is 7.40. The molecule has 7 heteroatoms. The van der Waals surface area contributed by atoms with Crippen molar-refractivity contribution in [1.29, 1.82) is 0 Å². The van der Waals surface area contributed by atoms with E-state index in [4.69, 9.17) is 11.2 Å². The van der Waals surface area contributed by atoms with E-state index in [9.17, 15) is 4.79 Å². The second-order valence-corrected chi connectivity index (χ2v) is 7.40. The Morgan fingerprint density at radius 2 is 2.21 bits per heavy atom. The van der Waals surface area contributed by atoms with E-state index in [0.717, 1.165) is 35.7 Å². The van der Waals surface area contributed by atoms with Gasteiger partial charge >= 0.3 is 0 Å². The molecule has 2 N–H and O–H groups in total. The number of terminal acetylenes is 1. The maximum atomic E-state index is 11.7. The monoisotopic (exact) mass is 377 g/mol. The first kappa shape index (κ1) is 18.1. The minimum Gasteiger partial charge on any atom is -0.493 e. The smallest absolute Gasteiger partial charge is 0.244 e. The van der Waals surface area contributed by atoms with Crippen LogP contribution in [0.2, 0.25) is 0 Å². The first-order chi connectivity index (χ1) is 13.5. The van der Waals surface area contributed by atoms with Crippen molar-refractivity contribution in [2.24, 2.45) is 5.92 Å². The Kier molecular flexibility index (Phi) is 4.78. The number of nitrogens with zero attached hydrogens (tertiary/aromatic N) is 3. The number of aromatic nitrogens is 2. The van der Waals surface area contributed by atoms with Gasteiger partial charge in [0.1, 0.15) is 11.4 Å². The molecule has 0 saturated heterocycles. The zero-order valence-electron chi connectivity index (χ0n) is 16.0. The lowest BCUT2D eigenvalue weighted by Crippen LogP contribution is -2.40. The molecular formula is C21H23N5O2. The van der Waals surface area contributed by atoms with E-state index in [1.165, 1.54) is 0 Å². The first-order valence-electron chi connectivity index (χ1n) is 9.37. The lowest BCUT2D eigenvalue weighted by Gasteiger charge is -2.36. The molecule has 28 heavy (non-hydrogen) atoms. The summed E-state index contributed by atoms with van der Waals surface area (Å²) in [5, 5.41) is 6.26. The fraction of sp³-hybridized carbons (Fsp3) is 0.381. The molecule has 1 aromatic carbocycles. The van der Waals surface area contributed by atoms with Crippen LogP contribution < -0.4 is 20.3 Å². The highest BCUT2D eigenvalue weighted by molar-refractivity contribution is 6.00. The lowest BCUT2D eigenvalue weighted by atomic mass is 9.81. The Morgan fingerprint density at radius 1 is 1.39 bits per heavy atom. The maximum absolute atomic E-state index is 11.7. The number of hydrogen-bond donors (Lipinski definition) is 2. The summed E-state index contributed by atoms with van der Waals surface area (Å²) in [6, 6.07) is 7.93. The molecule has 0 spiro atoms. The minimum absolute atomic E-state index is 0.0444. The zero-order valence-corrected chi connectivity index (χ0v) is 16.0. The predicted octanol–water partition coefficient (Wildman–Crippen LogP) is 2.42. The van der Waals surface area contributed by atoms with Crippen LogP contribution in [0, 0.1) is 25.2 Å². The lowest BCUT2D eigenvalue weighted by molar-refractivity contribution is -0.115. The Bertz CT molecular complexity index is 946. The number of likely N-dealkylation sites (N-methyl/N-ethyl adjacent to an activating group) is 1.